The van der Waals surface area contributed by atoms with Gasteiger partial charge in [-0.3, -0.25) is 28.9 Å². The van der Waals surface area contributed by atoms with Crippen molar-refractivity contribution in [3.05, 3.63) is 83.9 Å². The van der Waals surface area contributed by atoms with Crippen molar-refractivity contribution in [2.75, 3.05) is 32.8 Å². The highest BCUT2D eigenvalue weighted by atomic mass is 16.5. The number of aryl methyl sites for hydroxylation is 1. The van der Waals surface area contributed by atoms with Gasteiger partial charge in [0.05, 0.1) is 19.8 Å². The van der Waals surface area contributed by atoms with Gasteiger partial charge < -0.3 is 26.0 Å². The van der Waals surface area contributed by atoms with Crippen molar-refractivity contribution in [3.8, 4) is 0 Å². The molecule has 11 nitrogen and oxygen atoms in total. The minimum atomic E-state index is -1.27. The average molecular weight is 728 g/mol. The number of nitrogens with one attached hydrogen (secondary N) is 4. The molecular formula is C42H57N5O6. The number of ether oxygens (including phenoxy) is 1. The van der Waals surface area contributed by atoms with Gasteiger partial charge in [-0.2, -0.15) is 0 Å². The number of morpholine rings is 1. The molecule has 3 aliphatic rings. The van der Waals surface area contributed by atoms with Crippen LogP contribution in [0.15, 0.2) is 72.8 Å². The Bertz CT molecular complexity index is 1640. The van der Waals surface area contributed by atoms with Crippen molar-refractivity contribution < 1.29 is 28.7 Å². The van der Waals surface area contributed by atoms with E-state index in [1.54, 1.807) is 6.92 Å². The summed E-state index contributed by atoms with van der Waals surface area (Å²) in [5, 5.41) is 12.1. The zero-order valence-electron chi connectivity index (χ0n) is 31.9. The monoisotopic (exact) mass is 727 g/mol. The van der Waals surface area contributed by atoms with Gasteiger partial charge in [-0.1, -0.05) is 94.9 Å². The highest BCUT2D eigenvalue weighted by molar-refractivity contribution is 6.07. The van der Waals surface area contributed by atoms with Crippen molar-refractivity contribution in [1.82, 2.24) is 26.2 Å². The van der Waals surface area contributed by atoms with Gasteiger partial charge in [-0.25, -0.2) is 0 Å². The molecule has 3 fully saturated rings. The second-order valence-corrected chi connectivity index (χ2v) is 15.9. The van der Waals surface area contributed by atoms with Crippen molar-refractivity contribution in [1.29, 1.82) is 0 Å². The molecule has 2 aliphatic carbocycles. The number of rotatable bonds is 18. The fourth-order valence-corrected chi connectivity index (χ4v) is 7.88. The maximum absolute atomic E-state index is 14.5. The van der Waals surface area contributed by atoms with Gasteiger partial charge in [0.25, 0.3) is 0 Å². The molecule has 0 radical (unpaired) electrons. The van der Waals surface area contributed by atoms with Crippen LogP contribution in [0.5, 0.6) is 0 Å². The number of carbonyl (C=O) groups is 5. The Balaban J connectivity index is 1.36. The van der Waals surface area contributed by atoms with Crippen LogP contribution in [0.3, 0.4) is 0 Å². The first-order valence-corrected chi connectivity index (χ1v) is 19.1. The second kappa shape index (κ2) is 17.2. The normalized spacial score (nSPS) is 24.8. The first-order chi connectivity index (χ1) is 25.3. The molecule has 1 aliphatic heterocycles. The molecule has 53 heavy (non-hydrogen) atoms. The van der Waals surface area contributed by atoms with Crippen molar-refractivity contribution >= 4 is 29.4 Å². The van der Waals surface area contributed by atoms with Gasteiger partial charge in [0, 0.05) is 19.5 Å². The molecule has 286 valence electrons. The van der Waals surface area contributed by atoms with E-state index in [4.69, 9.17) is 4.74 Å². The van der Waals surface area contributed by atoms with Gasteiger partial charge in [0.2, 0.25) is 23.6 Å². The largest absolute Gasteiger partial charge is 0.379 e. The Morgan fingerprint density at radius 3 is 1.85 bits per heavy atom. The molecule has 4 N–H and O–H groups in total. The molecule has 2 unspecified atom stereocenters. The van der Waals surface area contributed by atoms with E-state index in [0.29, 0.717) is 57.6 Å². The number of benzene rings is 2. The standard InChI is InChI=1S/C42H57N5O6/c1-27(2)32-24-41(32,37(49)29(5)6)45-39(51)35(23-31-15-11-8-12-16-31)44-40(52)42(25-33(42)28(3)4)46-38(50)34(18-17-30-13-9-7-10-14-30)43-36(48)26-47-19-21-53-22-20-47/h7-16,27-28,32-35H,5,17-26H2,1-4,6H3,(H,43,48)(H,44,52)(H,45,51)(H,46,50)/t32-,33?,34-,35-,41+,42?/m0/s1. The van der Waals surface area contributed by atoms with Gasteiger partial charge in [0.15, 0.2) is 5.78 Å². The lowest BCUT2D eigenvalue weighted by atomic mass is 9.95. The quantitative estimate of drug-likeness (QED) is 0.172. The third kappa shape index (κ3) is 9.80. The van der Waals surface area contributed by atoms with Crippen LogP contribution in [-0.2, 0) is 41.6 Å². The van der Waals surface area contributed by atoms with E-state index in [0.717, 1.165) is 11.1 Å². The molecule has 4 amide bonds. The molecule has 0 bridgehead atoms. The van der Waals surface area contributed by atoms with E-state index in [1.807, 2.05) is 93.3 Å². The number of hydrogen-bond acceptors (Lipinski definition) is 7. The van der Waals surface area contributed by atoms with Crippen LogP contribution in [0.1, 0.15) is 65.0 Å². The van der Waals surface area contributed by atoms with E-state index in [-0.39, 0.29) is 48.3 Å². The van der Waals surface area contributed by atoms with Gasteiger partial charge in [-0.15, -0.1) is 0 Å². The van der Waals surface area contributed by atoms with E-state index < -0.39 is 40.9 Å². The maximum atomic E-state index is 14.5. The summed E-state index contributed by atoms with van der Waals surface area (Å²) < 4.78 is 5.42. The summed E-state index contributed by atoms with van der Waals surface area (Å²) in [6, 6.07) is 17.2. The lowest BCUT2D eigenvalue weighted by Crippen LogP contribution is -2.61. The summed E-state index contributed by atoms with van der Waals surface area (Å²) >= 11 is 0. The molecule has 2 aromatic rings. The van der Waals surface area contributed by atoms with Crippen molar-refractivity contribution in [2.24, 2.45) is 23.7 Å². The van der Waals surface area contributed by atoms with Gasteiger partial charge in [-0.05, 0) is 73.0 Å². The zero-order valence-corrected chi connectivity index (χ0v) is 31.9. The smallest absolute Gasteiger partial charge is 0.246 e. The van der Waals surface area contributed by atoms with Crippen molar-refractivity contribution in [3.63, 3.8) is 0 Å². The summed E-state index contributed by atoms with van der Waals surface area (Å²) in [6.45, 7) is 16.1. The molecule has 2 saturated carbocycles. The van der Waals surface area contributed by atoms with Gasteiger partial charge in [0.1, 0.15) is 23.2 Å². The number of nitrogens with zero attached hydrogens (tertiary/aromatic N) is 1. The predicted molar refractivity (Wildman–Crippen MR) is 203 cm³/mol. The topological polar surface area (TPSA) is 146 Å². The molecule has 0 spiro atoms. The Labute approximate surface area is 314 Å². The number of Topliss-reactive ketones (excluding diaryl/α,β-unsaturated/α-hetero) is 1. The first kappa shape index (κ1) is 39.8. The van der Waals surface area contributed by atoms with Crippen LogP contribution in [0.25, 0.3) is 0 Å². The molecule has 1 heterocycles. The summed E-state index contributed by atoms with van der Waals surface area (Å²) in [5.41, 5.74) is -0.0995. The summed E-state index contributed by atoms with van der Waals surface area (Å²) in [6.07, 6.45) is 1.97. The fraction of sp³-hybridized carbons (Fsp3) is 0.548. The minimum absolute atomic E-state index is 0.0469. The summed E-state index contributed by atoms with van der Waals surface area (Å²) in [4.78, 5) is 71.5. The Morgan fingerprint density at radius 1 is 0.774 bits per heavy atom. The maximum Gasteiger partial charge on any atom is 0.246 e. The Kier molecular flexibility index (Phi) is 12.9. The number of ketones is 1. The number of carbonyl (C=O) groups excluding carboxylic acids is 5. The van der Waals surface area contributed by atoms with Crippen LogP contribution in [0, 0.1) is 23.7 Å². The lowest BCUT2D eigenvalue weighted by Gasteiger charge is -2.29. The summed E-state index contributed by atoms with van der Waals surface area (Å²) in [7, 11) is 0. The SMILES string of the molecule is C=C(C)C(=O)[C@@]1(NC(=O)[C@H](Cc2ccccc2)NC(=O)C2(NC(=O)[C@H](CCc3ccccc3)NC(=O)CN3CCOCC3)CC2C(C)C)C[C@H]1C(C)C. The molecule has 5 rings (SSSR count). The van der Waals surface area contributed by atoms with Crippen LogP contribution in [0.4, 0.5) is 0 Å². The number of hydrogen-bond donors (Lipinski definition) is 4. The second-order valence-electron chi connectivity index (χ2n) is 15.9. The Morgan fingerprint density at radius 2 is 1.30 bits per heavy atom. The van der Waals surface area contributed by atoms with Gasteiger partial charge >= 0.3 is 0 Å². The van der Waals surface area contributed by atoms with E-state index in [9.17, 15) is 24.0 Å². The minimum Gasteiger partial charge on any atom is -0.379 e. The molecule has 1 saturated heterocycles. The third-order valence-electron chi connectivity index (χ3n) is 11.1. The average Bonchev–Trinajstić information content (AvgIpc) is 4.05. The van der Waals surface area contributed by atoms with E-state index in [2.05, 4.69) is 27.8 Å². The fourth-order valence-electron chi connectivity index (χ4n) is 7.88. The first-order valence-electron chi connectivity index (χ1n) is 19.1. The lowest BCUT2D eigenvalue weighted by molar-refractivity contribution is -0.136. The van der Waals surface area contributed by atoms with E-state index in [1.165, 1.54) is 0 Å². The van der Waals surface area contributed by atoms with E-state index >= 15 is 0 Å². The van der Waals surface area contributed by atoms with Crippen molar-refractivity contribution in [2.45, 2.75) is 89.9 Å². The Hall–Kier alpha value is -4.35. The summed E-state index contributed by atoms with van der Waals surface area (Å²) in [5.74, 6) is -1.85. The highest BCUT2D eigenvalue weighted by Gasteiger charge is 2.64. The number of amides is 4. The predicted octanol–water partition coefficient (Wildman–Crippen LogP) is 3.37. The van der Waals surface area contributed by atoms with Crippen LogP contribution in [0.2, 0.25) is 0 Å². The molecule has 2 aromatic carbocycles. The molecule has 11 heteroatoms. The highest BCUT2D eigenvalue weighted by Crippen LogP contribution is 2.51. The third-order valence-corrected chi connectivity index (χ3v) is 11.1. The zero-order chi connectivity index (χ0) is 38.3. The molecule has 6 atom stereocenters. The van der Waals surface area contributed by atoms with Crippen LogP contribution in [-0.4, -0.2) is 90.3 Å². The van der Waals surface area contributed by atoms with Crippen LogP contribution < -0.4 is 21.3 Å². The van der Waals surface area contributed by atoms with Crippen LogP contribution >= 0.6 is 0 Å². The molecule has 0 aromatic heterocycles. The molecular weight excluding hydrogens is 670 g/mol.